The Balaban J connectivity index is 3.78. The zero-order chi connectivity index (χ0) is 14.7. The predicted octanol–water partition coefficient (Wildman–Crippen LogP) is 1.93. The maximum Gasteiger partial charge on any atom is 0.103 e. The zero-order valence-electron chi connectivity index (χ0n) is 13.5. The molecule has 0 fully saturated rings. The van der Waals surface area contributed by atoms with Gasteiger partial charge >= 0.3 is 0 Å². The number of nitrogens with one attached hydrogen (secondary N) is 1. The topological polar surface area (TPSA) is 42.3 Å². The number of hydrogen-bond acceptors (Lipinski definition) is 4. The van der Waals surface area contributed by atoms with E-state index in [0.29, 0.717) is 0 Å². The van der Waals surface area contributed by atoms with Crippen LogP contribution in [-0.2, 0) is 0 Å². The van der Waals surface area contributed by atoms with Gasteiger partial charge < -0.3 is 9.80 Å². The van der Waals surface area contributed by atoms with Gasteiger partial charge in [-0.3, -0.25) is 5.32 Å². The lowest BCUT2D eigenvalue weighted by atomic mass is 9.97. The van der Waals surface area contributed by atoms with E-state index in [9.17, 15) is 5.26 Å². The van der Waals surface area contributed by atoms with Crippen LogP contribution in [0, 0.1) is 11.3 Å². The van der Waals surface area contributed by atoms with Crippen LogP contribution in [-0.4, -0.2) is 62.7 Å². The Morgan fingerprint density at radius 1 is 1.11 bits per heavy atom. The molecular weight excluding hydrogens is 236 g/mol. The molecule has 0 amide bonds. The monoisotopic (exact) mass is 268 g/mol. The van der Waals surface area contributed by atoms with Crippen molar-refractivity contribution < 1.29 is 0 Å². The third-order valence-electron chi connectivity index (χ3n) is 3.37. The molecule has 0 spiro atoms. The van der Waals surface area contributed by atoms with E-state index >= 15 is 0 Å². The standard InChI is InChI=1S/C15H32N4/c1-6-10-17-15(2,14-16)9-7-12-19(5)13-8-11-18(3)4/h17H,6-13H2,1-5H3. The van der Waals surface area contributed by atoms with Gasteiger partial charge in [-0.05, 0) is 79.9 Å². The lowest BCUT2D eigenvalue weighted by molar-refractivity contribution is 0.283. The smallest absolute Gasteiger partial charge is 0.103 e. The highest BCUT2D eigenvalue weighted by Crippen LogP contribution is 2.11. The molecule has 0 saturated carbocycles. The molecule has 0 aromatic rings. The average Bonchev–Trinajstić information content (AvgIpc) is 2.36. The Kier molecular flexibility index (Phi) is 9.85. The summed E-state index contributed by atoms with van der Waals surface area (Å²) >= 11 is 0. The van der Waals surface area contributed by atoms with Crippen molar-refractivity contribution in [3.63, 3.8) is 0 Å². The summed E-state index contributed by atoms with van der Waals surface area (Å²) < 4.78 is 0. The molecule has 1 atom stereocenters. The van der Waals surface area contributed by atoms with Crippen LogP contribution in [0.4, 0.5) is 0 Å². The first-order chi connectivity index (χ1) is 8.93. The maximum absolute atomic E-state index is 9.25. The van der Waals surface area contributed by atoms with E-state index in [1.165, 1.54) is 6.42 Å². The summed E-state index contributed by atoms with van der Waals surface area (Å²) in [6.45, 7) is 8.39. The minimum atomic E-state index is -0.361. The Labute approximate surface area is 119 Å². The first kappa shape index (κ1) is 18.4. The van der Waals surface area contributed by atoms with Gasteiger partial charge in [-0.2, -0.15) is 5.26 Å². The summed E-state index contributed by atoms with van der Waals surface area (Å²) in [6, 6.07) is 2.41. The lowest BCUT2D eigenvalue weighted by Crippen LogP contribution is -2.41. The van der Waals surface area contributed by atoms with Crippen molar-refractivity contribution in [2.75, 3.05) is 47.3 Å². The predicted molar refractivity (Wildman–Crippen MR) is 82.2 cm³/mol. The van der Waals surface area contributed by atoms with Crippen molar-refractivity contribution in [3.8, 4) is 6.07 Å². The fourth-order valence-electron chi connectivity index (χ4n) is 2.06. The van der Waals surface area contributed by atoms with Crippen LogP contribution in [0.15, 0.2) is 0 Å². The van der Waals surface area contributed by atoms with Gasteiger partial charge in [-0.15, -0.1) is 0 Å². The molecule has 0 aliphatic heterocycles. The SMILES string of the molecule is CCCNC(C)(C#N)CCCN(C)CCCN(C)C. The van der Waals surface area contributed by atoms with Crippen LogP contribution in [0.1, 0.15) is 39.5 Å². The van der Waals surface area contributed by atoms with Gasteiger partial charge in [-0.1, -0.05) is 6.92 Å². The van der Waals surface area contributed by atoms with E-state index in [1.807, 2.05) is 6.92 Å². The van der Waals surface area contributed by atoms with E-state index < -0.39 is 0 Å². The van der Waals surface area contributed by atoms with Crippen molar-refractivity contribution in [2.24, 2.45) is 0 Å². The zero-order valence-corrected chi connectivity index (χ0v) is 13.5. The maximum atomic E-state index is 9.25. The van der Waals surface area contributed by atoms with Gasteiger partial charge in [0.15, 0.2) is 0 Å². The minimum absolute atomic E-state index is 0.361. The highest BCUT2D eigenvalue weighted by molar-refractivity contribution is 5.03. The summed E-state index contributed by atoms with van der Waals surface area (Å²) in [4.78, 5) is 4.58. The Hall–Kier alpha value is -0.630. The molecule has 1 unspecified atom stereocenters. The fraction of sp³-hybridized carbons (Fsp3) is 0.933. The summed E-state index contributed by atoms with van der Waals surface area (Å²) in [7, 11) is 6.38. The van der Waals surface area contributed by atoms with Crippen LogP contribution in [0.3, 0.4) is 0 Å². The Morgan fingerprint density at radius 3 is 2.26 bits per heavy atom. The van der Waals surface area contributed by atoms with E-state index in [0.717, 1.165) is 45.4 Å². The van der Waals surface area contributed by atoms with Gasteiger partial charge in [-0.25, -0.2) is 0 Å². The van der Waals surface area contributed by atoms with Crippen molar-refractivity contribution in [2.45, 2.75) is 45.1 Å². The number of nitrogens with zero attached hydrogens (tertiary/aromatic N) is 3. The second kappa shape index (κ2) is 10.2. The van der Waals surface area contributed by atoms with Crippen LogP contribution in [0.2, 0.25) is 0 Å². The molecule has 4 nitrogen and oxygen atoms in total. The molecule has 4 heteroatoms. The third kappa shape index (κ3) is 9.89. The normalized spacial score (nSPS) is 14.6. The lowest BCUT2D eigenvalue weighted by Gasteiger charge is -2.25. The summed E-state index contributed by atoms with van der Waals surface area (Å²) in [5.74, 6) is 0. The van der Waals surface area contributed by atoms with Crippen molar-refractivity contribution in [3.05, 3.63) is 0 Å². The van der Waals surface area contributed by atoms with Crippen LogP contribution >= 0.6 is 0 Å². The van der Waals surface area contributed by atoms with Gasteiger partial charge in [0.05, 0.1) is 6.07 Å². The van der Waals surface area contributed by atoms with Crippen molar-refractivity contribution in [1.82, 2.24) is 15.1 Å². The second-order valence-electron chi connectivity index (χ2n) is 5.93. The van der Waals surface area contributed by atoms with Gasteiger partial charge in [0, 0.05) is 0 Å². The molecule has 0 aliphatic carbocycles. The van der Waals surface area contributed by atoms with Crippen molar-refractivity contribution in [1.29, 1.82) is 5.26 Å². The number of hydrogen-bond donors (Lipinski definition) is 1. The highest BCUT2D eigenvalue weighted by atomic mass is 15.1. The minimum Gasteiger partial charge on any atom is -0.309 e. The fourth-order valence-corrected chi connectivity index (χ4v) is 2.06. The third-order valence-corrected chi connectivity index (χ3v) is 3.37. The molecule has 0 rings (SSSR count). The quantitative estimate of drug-likeness (QED) is 0.622. The van der Waals surface area contributed by atoms with Crippen LogP contribution in [0.5, 0.6) is 0 Å². The molecule has 0 bridgehead atoms. The highest BCUT2D eigenvalue weighted by Gasteiger charge is 2.21. The second-order valence-corrected chi connectivity index (χ2v) is 5.93. The molecule has 112 valence electrons. The molecule has 1 N–H and O–H groups in total. The van der Waals surface area contributed by atoms with Gasteiger partial charge in [0.25, 0.3) is 0 Å². The number of rotatable bonds is 11. The van der Waals surface area contributed by atoms with Crippen LogP contribution in [0.25, 0.3) is 0 Å². The van der Waals surface area contributed by atoms with E-state index in [2.05, 4.69) is 49.3 Å². The van der Waals surface area contributed by atoms with Crippen molar-refractivity contribution >= 4 is 0 Å². The molecular formula is C15H32N4. The Morgan fingerprint density at radius 2 is 1.74 bits per heavy atom. The summed E-state index contributed by atoms with van der Waals surface area (Å²) in [6.07, 6.45) is 4.26. The number of nitriles is 1. The molecule has 0 aromatic heterocycles. The molecule has 0 aromatic carbocycles. The van der Waals surface area contributed by atoms with E-state index in [4.69, 9.17) is 0 Å². The van der Waals surface area contributed by atoms with Gasteiger partial charge in [0.1, 0.15) is 5.54 Å². The molecule has 0 heterocycles. The van der Waals surface area contributed by atoms with Gasteiger partial charge in [0.2, 0.25) is 0 Å². The molecule has 19 heavy (non-hydrogen) atoms. The Bertz CT molecular complexity index is 259. The first-order valence-electron chi connectivity index (χ1n) is 7.43. The molecule has 0 saturated heterocycles. The molecule has 0 aliphatic rings. The largest absolute Gasteiger partial charge is 0.309 e. The van der Waals surface area contributed by atoms with Crippen LogP contribution < -0.4 is 5.32 Å². The summed E-state index contributed by atoms with van der Waals surface area (Å²) in [5, 5.41) is 12.6. The van der Waals surface area contributed by atoms with E-state index in [1.54, 1.807) is 0 Å². The average molecular weight is 268 g/mol. The molecule has 0 radical (unpaired) electrons. The summed E-state index contributed by atoms with van der Waals surface area (Å²) in [5.41, 5.74) is -0.361. The van der Waals surface area contributed by atoms with E-state index in [-0.39, 0.29) is 5.54 Å². The first-order valence-corrected chi connectivity index (χ1v) is 7.43.